The van der Waals surface area contributed by atoms with Crippen molar-refractivity contribution in [3.05, 3.63) is 76.7 Å². The van der Waals surface area contributed by atoms with Crippen LogP contribution in [0.3, 0.4) is 0 Å². The number of aromatic nitrogens is 1. The van der Waals surface area contributed by atoms with E-state index in [1.807, 2.05) is 41.8 Å². The summed E-state index contributed by atoms with van der Waals surface area (Å²) in [5, 5.41) is 1.84. The number of ether oxygens (including phenoxy) is 2. The van der Waals surface area contributed by atoms with Gasteiger partial charge < -0.3 is 9.47 Å². The lowest BCUT2D eigenvalue weighted by Crippen LogP contribution is -2.04. The highest BCUT2D eigenvalue weighted by Crippen LogP contribution is 2.25. The summed E-state index contributed by atoms with van der Waals surface area (Å²) in [6.07, 6.45) is 3.32. The van der Waals surface area contributed by atoms with Gasteiger partial charge in [0.25, 0.3) is 0 Å². The second-order valence-electron chi connectivity index (χ2n) is 4.45. The average molecular weight is 311 g/mol. The molecule has 1 aromatic carbocycles. The topological polar surface area (TPSA) is 48.4 Å². The van der Waals surface area contributed by atoms with E-state index in [1.165, 1.54) is 11.3 Å². The Labute approximate surface area is 132 Å². The zero-order chi connectivity index (χ0) is 15.2. The van der Waals surface area contributed by atoms with Crippen molar-refractivity contribution < 1.29 is 14.3 Å². The third-order valence-electron chi connectivity index (χ3n) is 2.92. The van der Waals surface area contributed by atoms with Crippen LogP contribution >= 0.6 is 11.3 Å². The van der Waals surface area contributed by atoms with Crippen LogP contribution in [0.15, 0.2) is 66.3 Å². The Bertz CT molecular complexity index is 742. The summed E-state index contributed by atoms with van der Waals surface area (Å²) in [5.74, 6) is 0.959. The Morgan fingerprint density at radius 2 is 2.00 bits per heavy atom. The first kappa shape index (κ1) is 14.3. The summed E-state index contributed by atoms with van der Waals surface area (Å²) < 4.78 is 11.1. The van der Waals surface area contributed by atoms with Crippen molar-refractivity contribution in [2.45, 2.75) is 6.61 Å². The van der Waals surface area contributed by atoms with Crippen molar-refractivity contribution in [2.75, 3.05) is 0 Å². The molecule has 0 amide bonds. The van der Waals surface area contributed by atoms with Gasteiger partial charge in [-0.25, -0.2) is 4.79 Å². The van der Waals surface area contributed by atoms with Crippen LogP contribution in [0.1, 0.15) is 15.2 Å². The number of esters is 1. The molecule has 2 aromatic heterocycles. The Balaban J connectivity index is 1.70. The summed E-state index contributed by atoms with van der Waals surface area (Å²) in [5.41, 5.74) is 0.802. The van der Waals surface area contributed by atoms with Crippen LogP contribution in [0.4, 0.5) is 0 Å². The summed E-state index contributed by atoms with van der Waals surface area (Å²) in [4.78, 5) is 16.5. The fourth-order valence-corrected chi connectivity index (χ4v) is 2.48. The van der Waals surface area contributed by atoms with Gasteiger partial charge >= 0.3 is 5.97 Å². The van der Waals surface area contributed by atoms with Crippen LogP contribution in [-0.2, 0) is 11.3 Å². The normalized spacial score (nSPS) is 10.2. The number of carbonyl (C=O) groups is 1. The van der Waals surface area contributed by atoms with Gasteiger partial charge in [0.05, 0.1) is 6.20 Å². The molecule has 0 aliphatic heterocycles. The minimum Gasteiger partial charge on any atom is -0.456 e. The van der Waals surface area contributed by atoms with Gasteiger partial charge in [-0.2, -0.15) is 0 Å². The van der Waals surface area contributed by atoms with Crippen LogP contribution in [0.2, 0.25) is 0 Å². The van der Waals surface area contributed by atoms with Crippen LogP contribution in [0.5, 0.6) is 11.5 Å². The highest BCUT2D eigenvalue weighted by molar-refractivity contribution is 7.11. The van der Waals surface area contributed by atoms with Gasteiger partial charge in [-0.15, -0.1) is 11.3 Å². The first-order valence-electron chi connectivity index (χ1n) is 6.69. The zero-order valence-corrected chi connectivity index (χ0v) is 12.5. The molecule has 0 saturated carbocycles. The number of hydrogen-bond donors (Lipinski definition) is 0. The molecule has 5 heteroatoms. The van der Waals surface area contributed by atoms with Gasteiger partial charge in [0.15, 0.2) is 0 Å². The minimum atomic E-state index is -0.328. The molecule has 0 aliphatic rings. The maximum absolute atomic E-state index is 11.9. The number of benzene rings is 1. The zero-order valence-electron chi connectivity index (χ0n) is 11.6. The molecular formula is C17H13NO3S. The third-order valence-corrected chi connectivity index (χ3v) is 3.77. The largest absolute Gasteiger partial charge is 0.456 e. The smallest absolute Gasteiger partial charge is 0.348 e. The molecule has 2 heterocycles. The highest BCUT2D eigenvalue weighted by atomic mass is 32.1. The minimum absolute atomic E-state index is 0.160. The number of para-hydroxylation sites is 1. The van der Waals surface area contributed by atoms with Gasteiger partial charge in [0.1, 0.15) is 23.0 Å². The maximum Gasteiger partial charge on any atom is 0.348 e. The molecule has 0 bridgehead atoms. The van der Waals surface area contributed by atoms with E-state index in [1.54, 1.807) is 24.5 Å². The summed E-state index contributed by atoms with van der Waals surface area (Å²) in [6.45, 7) is 0.160. The number of pyridine rings is 1. The third kappa shape index (κ3) is 3.51. The Morgan fingerprint density at radius 3 is 2.77 bits per heavy atom. The van der Waals surface area contributed by atoms with Gasteiger partial charge in [0, 0.05) is 11.8 Å². The number of carbonyl (C=O) groups excluding carboxylic acids is 1. The molecule has 0 N–H and O–H groups in total. The first-order chi connectivity index (χ1) is 10.8. The van der Waals surface area contributed by atoms with Crippen LogP contribution in [0.25, 0.3) is 0 Å². The summed E-state index contributed by atoms with van der Waals surface area (Å²) >= 11 is 1.36. The number of hydrogen-bond acceptors (Lipinski definition) is 5. The number of nitrogens with zero attached hydrogens (tertiary/aromatic N) is 1. The average Bonchev–Trinajstić information content (AvgIpc) is 3.09. The fourth-order valence-electron chi connectivity index (χ4n) is 1.87. The predicted molar refractivity (Wildman–Crippen MR) is 84.2 cm³/mol. The standard InChI is InChI=1S/C17H13NO3S/c19-17(16-8-4-10-22-16)20-12-13-5-1-2-7-15(13)21-14-6-3-9-18-11-14/h1-11H,12H2. The van der Waals surface area contributed by atoms with Crippen LogP contribution < -0.4 is 4.74 Å². The van der Waals surface area contributed by atoms with Crippen LogP contribution in [-0.4, -0.2) is 11.0 Å². The summed E-state index contributed by atoms with van der Waals surface area (Å²) in [6, 6.07) is 14.6. The molecule has 0 saturated heterocycles. The highest BCUT2D eigenvalue weighted by Gasteiger charge is 2.11. The van der Waals surface area contributed by atoms with Gasteiger partial charge in [0.2, 0.25) is 0 Å². The van der Waals surface area contributed by atoms with E-state index in [2.05, 4.69) is 4.98 Å². The van der Waals surface area contributed by atoms with Gasteiger partial charge in [-0.3, -0.25) is 4.98 Å². The van der Waals surface area contributed by atoms with Crippen molar-refractivity contribution in [2.24, 2.45) is 0 Å². The number of thiophene rings is 1. The predicted octanol–water partition coefficient (Wildman–Crippen LogP) is 4.29. The van der Waals surface area contributed by atoms with Crippen molar-refractivity contribution in [1.82, 2.24) is 4.98 Å². The molecule has 0 unspecified atom stereocenters. The molecule has 0 radical (unpaired) electrons. The number of rotatable bonds is 5. The fraction of sp³-hybridized carbons (Fsp3) is 0.0588. The van der Waals surface area contributed by atoms with E-state index in [9.17, 15) is 4.79 Å². The second-order valence-corrected chi connectivity index (χ2v) is 5.40. The van der Waals surface area contributed by atoms with E-state index < -0.39 is 0 Å². The molecule has 4 nitrogen and oxygen atoms in total. The molecule has 22 heavy (non-hydrogen) atoms. The molecule has 0 spiro atoms. The first-order valence-corrected chi connectivity index (χ1v) is 7.57. The quantitative estimate of drug-likeness (QED) is 0.659. The molecule has 0 aliphatic carbocycles. The lowest BCUT2D eigenvalue weighted by atomic mass is 10.2. The molecule has 3 aromatic rings. The summed E-state index contributed by atoms with van der Waals surface area (Å²) in [7, 11) is 0. The molecule has 110 valence electrons. The molecule has 0 atom stereocenters. The van der Waals surface area contributed by atoms with E-state index in [0.717, 1.165) is 5.56 Å². The Kier molecular flexibility index (Phi) is 4.46. The van der Waals surface area contributed by atoms with Gasteiger partial charge in [-0.05, 0) is 29.6 Å². The SMILES string of the molecule is O=C(OCc1ccccc1Oc1cccnc1)c1cccs1. The molecule has 3 rings (SSSR count). The van der Waals surface area contributed by atoms with Crippen molar-refractivity contribution in [1.29, 1.82) is 0 Å². The monoisotopic (exact) mass is 311 g/mol. The van der Waals surface area contributed by atoms with E-state index >= 15 is 0 Å². The van der Waals surface area contributed by atoms with E-state index in [0.29, 0.717) is 16.4 Å². The van der Waals surface area contributed by atoms with Crippen molar-refractivity contribution in [3.63, 3.8) is 0 Å². The Morgan fingerprint density at radius 1 is 1.09 bits per heavy atom. The second kappa shape index (κ2) is 6.87. The van der Waals surface area contributed by atoms with Crippen molar-refractivity contribution >= 4 is 17.3 Å². The molecular weight excluding hydrogens is 298 g/mol. The molecule has 0 fully saturated rings. The Hall–Kier alpha value is -2.66. The maximum atomic E-state index is 11.9. The van der Waals surface area contributed by atoms with E-state index in [-0.39, 0.29) is 12.6 Å². The van der Waals surface area contributed by atoms with Crippen molar-refractivity contribution in [3.8, 4) is 11.5 Å². The van der Waals surface area contributed by atoms with Gasteiger partial charge in [-0.1, -0.05) is 24.3 Å². The lowest BCUT2D eigenvalue weighted by molar-refractivity contribution is 0.0476. The lowest BCUT2D eigenvalue weighted by Gasteiger charge is -2.11. The van der Waals surface area contributed by atoms with Crippen LogP contribution in [0, 0.1) is 0 Å². The van der Waals surface area contributed by atoms with E-state index in [4.69, 9.17) is 9.47 Å².